The van der Waals surface area contributed by atoms with Crippen LogP contribution in [0.2, 0.25) is 0 Å². The molecule has 0 bridgehead atoms. The number of rotatable bonds is 8. The van der Waals surface area contributed by atoms with Crippen molar-refractivity contribution in [2.45, 2.75) is 63.6 Å². The highest BCUT2D eigenvalue weighted by atomic mass is 19.4. The van der Waals surface area contributed by atoms with Gasteiger partial charge >= 0.3 is 12.1 Å². The summed E-state index contributed by atoms with van der Waals surface area (Å²) in [6.07, 6.45) is 0.832. The molecule has 1 atom stereocenters. The van der Waals surface area contributed by atoms with Crippen LogP contribution in [0.4, 0.5) is 17.6 Å². The SMILES string of the molecule is CC1(C(=O)O)CCCN1C(=O)c1ccc(-c2ccc(OCC3CCN(CC4(C(F)(F)F)CCC4)CC3)nc2)c(F)c1. The van der Waals surface area contributed by atoms with Gasteiger partial charge in [-0.3, -0.25) is 4.79 Å². The van der Waals surface area contributed by atoms with E-state index in [1.807, 2.05) is 4.90 Å². The van der Waals surface area contributed by atoms with Gasteiger partial charge in [-0.15, -0.1) is 0 Å². The van der Waals surface area contributed by atoms with Gasteiger partial charge in [-0.05, 0) is 82.7 Å². The topological polar surface area (TPSA) is 83.0 Å². The lowest BCUT2D eigenvalue weighted by Gasteiger charge is -2.47. The number of carboxylic acid groups (broad SMARTS) is 1. The van der Waals surface area contributed by atoms with Crippen LogP contribution in [0.25, 0.3) is 11.1 Å². The number of benzene rings is 1. The summed E-state index contributed by atoms with van der Waals surface area (Å²) in [5.74, 6) is -1.63. The third-order valence-corrected chi connectivity index (χ3v) is 9.22. The summed E-state index contributed by atoms with van der Waals surface area (Å²) < 4.78 is 61.4. The largest absolute Gasteiger partial charge is 0.480 e. The van der Waals surface area contributed by atoms with E-state index in [-0.39, 0.29) is 36.4 Å². The molecule has 41 heavy (non-hydrogen) atoms. The molecule has 0 spiro atoms. The lowest BCUT2D eigenvalue weighted by Crippen LogP contribution is -2.53. The second-order valence-electron chi connectivity index (χ2n) is 11.9. The Labute approximate surface area is 236 Å². The number of carbonyl (C=O) groups excluding carboxylic acids is 1. The number of alkyl halides is 3. The monoisotopic (exact) mass is 577 g/mol. The second kappa shape index (κ2) is 11.2. The number of likely N-dealkylation sites (tertiary alicyclic amines) is 2. The van der Waals surface area contributed by atoms with E-state index in [9.17, 15) is 27.9 Å². The van der Waals surface area contributed by atoms with Gasteiger partial charge in [0.15, 0.2) is 0 Å². The number of nitrogens with zero attached hydrogens (tertiary/aromatic N) is 3. The normalized spacial score (nSPS) is 23.3. The Bertz CT molecular complexity index is 1270. The van der Waals surface area contributed by atoms with Gasteiger partial charge in [0.05, 0.1) is 12.0 Å². The van der Waals surface area contributed by atoms with E-state index in [1.165, 1.54) is 30.2 Å². The van der Waals surface area contributed by atoms with Gasteiger partial charge in [0, 0.05) is 42.0 Å². The molecular formula is C30H35F4N3O4. The van der Waals surface area contributed by atoms with E-state index in [1.54, 1.807) is 12.1 Å². The van der Waals surface area contributed by atoms with E-state index in [0.717, 1.165) is 18.9 Å². The third-order valence-electron chi connectivity index (χ3n) is 9.22. The molecule has 1 aliphatic carbocycles. The molecule has 222 valence electrons. The van der Waals surface area contributed by atoms with Crippen molar-refractivity contribution in [1.82, 2.24) is 14.8 Å². The number of piperidine rings is 1. The Morgan fingerprint density at radius 1 is 1.07 bits per heavy atom. The zero-order valence-corrected chi connectivity index (χ0v) is 23.1. The first-order chi connectivity index (χ1) is 19.4. The summed E-state index contributed by atoms with van der Waals surface area (Å²) in [6, 6.07) is 7.39. The van der Waals surface area contributed by atoms with Crippen molar-refractivity contribution in [2.24, 2.45) is 11.3 Å². The number of carbonyl (C=O) groups is 2. The Hall–Kier alpha value is -3.21. The number of hydrogen-bond acceptors (Lipinski definition) is 5. The molecule has 2 aliphatic heterocycles. The molecule has 2 saturated heterocycles. The second-order valence-corrected chi connectivity index (χ2v) is 11.9. The standard InChI is InChI=1S/C30H35F4N3O4/c1-28(27(39)40)10-3-13-37(28)26(38)21-4-6-23(24(31)16-21)22-5-7-25(35-17-22)41-18-20-8-14-36(15-9-20)19-29(11-2-12-29)30(32,33)34/h4-7,16-17,20H,2-3,8-15,18-19H2,1H3,(H,39,40). The van der Waals surface area contributed by atoms with Gasteiger partial charge in [-0.25, -0.2) is 14.2 Å². The van der Waals surface area contributed by atoms with Crippen LogP contribution in [0.15, 0.2) is 36.5 Å². The highest BCUT2D eigenvalue weighted by molar-refractivity contribution is 5.98. The van der Waals surface area contributed by atoms with Crippen molar-refractivity contribution >= 4 is 11.9 Å². The summed E-state index contributed by atoms with van der Waals surface area (Å²) in [6.45, 7) is 3.52. The summed E-state index contributed by atoms with van der Waals surface area (Å²) in [5.41, 5.74) is -2.02. The number of halogens is 4. The fraction of sp³-hybridized carbons (Fsp3) is 0.567. The summed E-state index contributed by atoms with van der Waals surface area (Å²) in [7, 11) is 0. The van der Waals surface area contributed by atoms with E-state index in [4.69, 9.17) is 4.74 Å². The molecule has 11 heteroatoms. The van der Waals surface area contributed by atoms with Crippen molar-refractivity contribution in [3.63, 3.8) is 0 Å². The van der Waals surface area contributed by atoms with E-state index in [0.29, 0.717) is 56.9 Å². The molecule has 5 rings (SSSR count). The smallest absolute Gasteiger partial charge is 0.395 e. The number of carboxylic acids is 1. The maximum Gasteiger partial charge on any atom is 0.395 e. The van der Waals surface area contributed by atoms with Gasteiger partial charge in [-0.1, -0.05) is 12.5 Å². The Morgan fingerprint density at radius 3 is 2.37 bits per heavy atom. The fourth-order valence-corrected chi connectivity index (χ4v) is 6.25. The zero-order chi connectivity index (χ0) is 29.4. The van der Waals surface area contributed by atoms with Crippen molar-refractivity contribution in [2.75, 3.05) is 32.8 Å². The highest BCUT2D eigenvalue weighted by Crippen LogP contribution is 2.53. The number of pyridine rings is 1. The lowest BCUT2D eigenvalue weighted by molar-refractivity contribution is -0.256. The van der Waals surface area contributed by atoms with Crippen LogP contribution in [0.3, 0.4) is 0 Å². The van der Waals surface area contributed by atoms with E-state index in [2.05, 4.69) is 4.98 Å². The van der Waals surface area contributed by atoms with E-state index >= 15 is 4.39 Å². The minimum absolute atomic E-state index is 0.0821. The predicted octanol–water partition coefficient (Wildman–Crippen LogP) is 5.79. The van der Waals surface area contributed by atoms with Crippen molar-refractivity contribution < 1.29 is 37.0 Å². The van der Waals surface area contributed by atoms with Gasteiger partial charge in [0.25, 0.3) is 5.91 Å². The van der Waals surface area contributed by atoms with Crippen molar-refractivity contribution in [3.05, 3.63) is 47.9 Å². The summed E-state index contributed by atoms with van der Waals surface area (Å²) in [4.78, 5) is 32.2. The fourth-order valence-electron chi connectivity index (χ4n) is 6.25. The first kappa shape index (κ1) is 29.3. The third kappa shape index (κ3) is 5.78. The maximum absolute atomic E-state index is 15.0. The van der Waals surface area contributed by atoms with Crippen LogP contribution in [0.1, 0.15) is 62.2 Å². The Morgan fingerprint density at radius 2 is 1.80 bits per heavy atom. The minimum Gasteiger partial charge on any atom is -0.480 e. The first-order valence-corrected chi connectivity index (χ1v) is 14.2. The molecule has 3 aliphatic rings. The van der Waals surface area contributed by atoms with Crippen LogP contribution >= 0.6 is 0 Å². The molecule has 1 N–H and O–H groups in total. The average Bonchev–Trinajstić information content (AvgIpc) is 3.32. The molecule has 3 fully saturated rings. The van der Waals surface area contributed by atoms with Crippen LogP contribution in [0.5, 0.6) is 5.88 Å². The Balaban J connectivity index is 1.14. The van der Waals surface area contributed by atoms with Gasteiger partial charge < -0.3 is 19.6 Å². The zero-order valence-electron chi connectivity index (χ0n) is 23.1. The predicted molar refractivity (Wildman–Crippen MR) is 143 cm³/mol. The number of hydrogen-bond donors (Lipinski definition) is 1. The van der Waals surface area contributed by atoms with Crippen molar-refractivity contribution in [3.8, 4) is 17.0 Å². The molecule has 7 nitrogen and oxygen atoms in total. The number of ether oxygens (including phenoxy) is 1. The average molecular weight is 578 g/mol. The quantitative estimate of drug-likeness (QED) is 0.400. The van der Waals surface area contributed by atoms with E-state index < -0.39 is 34.8 Å². The summed E-state index contributed by atoms with van der Waals surface area (Å²) >= 11 is 0. The molecule has 3 heterocycles. The van der Waals surface area contributed by atoms with Gasteiger partial charge in [0.1, 0.15) is 11.4 Å². The number of aromatic nitrogens is 1. The van der Waals surface area contributed by atoms with Crippen LogP contribution in [0, 0.1) is 17.2 Å². The van der Waals surface area contributed by atoms with Crippen LogP contribution in [-0.2, 0) is 4.79 Å². The first-order valence-electron chi connectivity index (χ1n) is 14.2. The lowest BCUT2D eigenvalue weighted by atomic mass is 9.67. The molecule has 1 aromatic heterocycles. The molecule has 1 unspecified atom stereocenters. The number of amides is 1. The molecule has 0 radical (unpaired) electrons. The molecular weight excluding hydrogens is 542 g/mol. The molecule has 1 aromatic carbocycles. The Kier molecular flexibility index (Phi) is 8.02. The van der Waals surface area contributed by atoms with Gasteiger partial charge in [-0.2, -0.15) is 13.2 Å². The number of aliphatic carboxylic acids is 1. The van der Waals surface area contributed by atoms with Gasteiger partial charge in [0.2, 0.25) is 5.88 Å². The molecule has 1 saturated carbocycles. The highest BCUT2D eigenvalue weighted by Gasteiger charge is 2.58. The molecule has 1 amide bonds. The maximum atomic E-state index is 15.0. The minimum atomic E-state index is -4.15. The molecule has 2 aromatic rings. The summed E-state index contributed by atoms with van der Waals surface area (Å²) in [5, 5.41) is 9.58. The van der Waals surface area contributed by atoms with Crippen LogP contribution < -0.4 is 4.74 Å². The van der Waals surface area contributed by atoms with Crippen molar-refractivity contribution in [1.29, 1.82) is 0 Å². The van der Waals surface area contributed by atoms with Crippen LogP contribution in [-0.4, -0.2) is 76.3 Å².